The Labute approximate surface area is 128 Å². The summed E-state index contributed by atoms with van der Waals surface area (Å²) in [5.74, 6) is 0. The number of alkyl carbamates (subject to hydrolysis) is 1. The monoisotopic (exact) mass is 301 g/mol. The highest BCUT2D eigenvalue weighted by molar-refractivity contribution is 5.67. The molecule has 0 bridgehead atoms. The predicted molar refractivity (Wildman–Crippen MR) is 83.5 cm³/mol. The molecular weight excluding hydrogens is 270 g/mol. The summed E-state index contributed by atoms with van der Waals surface area (Å²) in [5, 5.41) is 9.67. The summed E-state index contributed by atoms with van der Waals surface area (Å²) in [6, 6.07) is 0.881. The van der Waals surface area contributed by atoms with Crippen LogP contribution >= 0.6 is 0 Å². The Hall–Kier alpha value is -0.850. The molecule has 1 amide bonds. The molecule has 2 atom stereocenters. The van der Waals surface area contributed by atoms with Crippen molar-refractivity contribution in [2.24, 2.45) is 0 Å². The first-order valence-corrected chi connectivity index (χ1v) is 7.88. The van der Waals surface area contributed by atoms with Gasteiger partial charge in [-0.2, -0.15) is 0 Å². The van der Waals surface area contributed by atoms with E-state index in [-0.39, 0.29) is 6.09 Å². The van der Waals surface area contributed by atoms with Crippen LogP contribution in [0.3, 0.4) is 0 Å². The molecule has 3 N–H and O–H groups in total. The van der Waals surface area contributed by atoms with Crippen LogP contribution < -0.4 is 16.0 Å². The van der Waals surface area contributed by atoms with Gasteiger partial charge >= 0.3 is 6.09 Å². The van der Waals surface area contributed by atoms with Gasteiger partial charge in [-0.1, -0.05) is 0 Å². The lowest BCUT2D eigenvalue weighted by molar-refractivity contribution is 0.0527. The lowest BCUT2D eigenvalue weighted by Crippen LogP contribution is -2.45. The first kappa shape index (κ1) is 18.2. The minimum Gasteiger partial charge on any atom is -0.444 e. The molecule has 1 saturated heterocycles. The Balaban J connectivity index is 1.99. The molecule has 2 unspecified atom stereocenters. The first-order chi connectivity index (χ1) is 9.87. The predicted octanol–water partition coefficient (Wildman–Crippen LogP) is 1.26. The van der Waals surface area contributed by atoms with E-state index in [1.807, 2.05) is 20.8 Å². The second-order valence-electron chi connectivity index (χ2n) is 6.60. The molecule has 1 aliphatic heterocycles. The fraction of sp³-hybridized carbons (Fsp3) is 0.933. The van der Waals surface area contributed by atoms with Gasteiger partial charge in [-0.3, -0.25) is 0 Å². The van der Waals surface area contributed by atoms with E-state index in [1.165, 1.54) is 0 Å². The summed E-state index contributed by atoms with van der Waals surface area (Å²) in [6.07, 6.45) is 1.59. The number of ether oxygens (including phenoxy) is 2. The van der Waals surface area contributed by atoms with Crippen LogP contribution in [-0.2, 0) is 9.47 Å². The van der Waals surface area contributed by atoms with Crippen molar-refractivity contribution in [3.05, 3.63) is 0 Å². The number of nitrogens with one attached hydrogen (secondary N) is 3. The van der Waals surface area contributed by atoms with Crippen LogP contribution in [0.4, 0.5) is 4.79 Å². The van der Waals surface area contributed by atoms with Crippen LogP contribution in [0, 0.1) is 0 Å². The van der Waals surface area contributed by atoms with Gasteiger partial charge < -0.3 is 25.4 Å². The largest absolute Gasteiger partial charge is 0.444 e. The molecule has 0 spiro atoms. The van der Waals surface area contributed by atoms with E-state index >= 15 is 0 Å². The number of rotatable bonds is 7. The molecule has 0 aliphatic carbocycles. The van der Waals surface area contributed by atoms with Crippen LogP contribution in [0.5, 0.6) is 0 Å². The fourth-order valence-electron chi connectivity index (χ4n) is 2.22. The lowest BCUT2D eigenvalue weighted by atomic mass is 10.1. The van der Waals surface area contributed by atoms with Crippen molar-refractivity contribution < 1.29 is 14.3 Å². The van der Waals surface area contributed by atoms with Gasteiger partial charge in [0.2, 0.25) is 0 Å². The number of amides is 1. The van der Waals surface area contributed by atoms with E-state index in [4.69, 9.17) is 9.47 Å². The second-order valence-corrected chi connectivity index (χ2v) is 6.60. The quantitative estimate of drug-likeness (QED) is 0.618. The SMILES string of the molecule is CC(CC1COCCN1)NCCCNC(=O)OC(C)(C)C. The zero-order valence-electron chi connectivity index (χ0n) is 13.8. The smallest absolute Gasteiger partial charge is 0.407 e. The third-order valence-electron chi connectivity index (χ3n) is 3.15. The van der Waals surface area contributed by atoms with Crippen molar-refractivity contribution in [1.29, 1.82) is 0 Å². The standard InChI is InChI=1S/C15H31N3O3/c1-12(10-13-11-20-9-8-17-13)16-6-5-7-18-14(19)21-15(2,3)4/h12-13,16-17H,5-11H2,1-4H3,(H,18,19). The summed E-state index contributed by atoms with van der Waals surface area (Å²) >= 11 is 0. The number of hydrogen-bond acceptors (Lipinski definition) is 5. The first-order valence-electron chi connectivity index (χ1n) is 7.88. The maximum Gasteiger partial charge on any atom is 0.407 e. The summed E-state index contributed by atoms with van der Waals surface area (Å²) < 4.78 is 10.6. The molecule has 6 heteroatoms. The van der Waals surface area contributed by atoms with Crippen molar-refractivity contribution in [3.8, 4) is 0 Å². The van der Waals surface area contributed by atoms with Gasteiger partial charge in [0.1, 0.15) is 5.60 Å². The van der Waals surface area contributed by atoms with Gasteiger partial charge in [-0.25, -0.2) is 4.79 Å². The molecule has 1 rings (SSSR count). The normalized spacial score (nSPS) is 20.9. The molecule has 0 saturated carbocycles. The zero-order valence-corrected chi connectivity index (χ0v) is 13.8. The van der Waals surface area contributed by atoms with Crippen molar-refractivity contribution in [1.82, 2.24) is 16.0 Å². The van der Waals surface area contributed by atoms with Gasteiger partial charge in [-0.05, 0) is 47.1 Å². The zero-order chi connectivity index (χ0) is 15.7. The van der Waals surface area contributed by atoms with Crippen LogP contribution in [0.1, 0.15) is 40.5 Å². The van der Waals surface area contributed by atoms with Crippen molar-refractivity contribution >= 4 is 6.09 Å². The molecule has 0 aromatic carbocycles. The Morgan fingerprint density at radius 1 is 1.43 bits per heavy atom. The number of hydrogen-bond donors (Lipinski definition) is 3. The molecule has 6 nitrogen and oxygen atoms in total. The molecule has 1 aliphatic rings. The maximum atomic E-state index is 11.4. The van der Waals surface area contributed by atoms with E-state index in [0.29, 0.717) is 18.6 Å². The lowest BCUT2D eigenvalue weighted by Gasteiger charge is -2.26. The van der Waals surface area contributed by atoms with Crippen LogP contribution in [0.15, 0.2) is 0 Å². The minimum atomic E-state index is -0.439. The van der Waals surface area contributed by atoms with Crippen molar-refractivity contribution in [3.63, 3.8) is 0 Å². The molecule has 0 radical (unpaired) electrons. The van der Waals surface area contributed by atoms with E-state index < -0.39 is 5.60 Å². The summed E-state index contributed by atoms with van der Waals surface area (Å²) in [7, 11) is 0. The van der Waals surface area contributed by atoms with E-state index in [9.17, 15) is 4.79 Å². The summed E-state index contributed by atoms with van der Waals surface area (Å²) in [4.78, 5) is 11.4. The highest BCUT2D eigenvalue weighted by Gasteiger charge is 2.16. The number of carbonyl (C=O) groups excluding carboxylic acids is 1. The number of carbonyl (C=O) groups is 1. The molecule has 124 valence electrons. The van der Waals surface area contributed by atoms with Crippen LogP contribution in [0.2, 0.25) is 0 Å². The van der Waals surface area contributed by atoms with E-state index in [0.717, 1.165) is 39.1 Å². The van der Waals surface area contributed by atoms with Gasteiger partial charge in [0.05, 0.1) is 13.2 Å². The summed E-state index contributed by atoms with van der Waals surface area (Å²) in [5.41, 5.74) is -0.439. The number of morpholine rings is 1. The highest BCUT2D eigenvalue weighted by Crippen LogP contribution is 2.06. The highest BCUT2D eigenvalue weighted by atomic mass is 16.6. The van der Waals surface area contributed by atoms with E-state index in [2.05, 4.69) is 22.9 Å². The third-order valence-corrected chi connectivity index (χ3v) is 3.15. The summed E-state index contributed by atoms with van der Waals surface area (Å²) in [6.45, 7) is 11.8. The molecule has 0 aromatic heterocycles. The van der Waals surface area contributed by atoms with Gasteiger partial charge in [0.25, 0.3) is 0 Å². The Bertz CT molecular complexity index is 299. The Kier molecular flexibility index (Phi) is 8.00. The average molecular weight is 301 g/mol. The minimum absolute atomic E-state index is 0.348. The second kappa shape index (κ2) is 9.23. The molecular formula is C15H31N3O3. The Morgan fingerprint density at radius 3 is 2.81 bits per heavy atom. The fourth-order valence-corrected chi connectivity index (χ4v) is 2.22. The maximum absolute atomic E-state index is 11.4. The topological polar surface area (TPSA) is 71.6 Å². The van der Waals surface area contributed by atoms with Crippen LogP contribution in [-0.4, -0.2) is 56.6 Å². The van der Waals surface area contributed by atoms with Gasteiger partial charge in [0.15, 0.2) is 0 Å². The molecule has 1 heterocycles. The molecule has 1 fully saturated rings. The van der Waals surface area contributed by atoms with Crippen molar-refractivity contribution in [2.75, 3.05) is 32.8 Å². The van der Waals surface area contributed by atoms with Gasteiger partial charge in [-0.15, -0.1) is 0 Å². The van der Waals surface area contributed by atoms with Crippen molar-refractivity contribution in [2.45, 2.75) is 58.2 Å². The third kappa shape index (κ3) is 9.66. The van der Waals surface area contributed by atoms with Gasteiger partial charge in [0, 0.05) is 25.2 Å². The van der Waals surface area contributed by atoms with E-state index in [1.54, 1.807) is 0 Å². The average Bonchev–Trinajstić information content (AvgIpc) is 2.37. The Morgan fingerprint density at radius 2 is 2.19 bits per heavy atom. The molecule has 0 aromatic rings. The van der Waals surface area contributed by atoms with Crippen LogP contribution in [0.25, 0.3) is 0 Å². The molecule has 21 heavy (non-hydrogen) atoms.